The number of methoxy groups -OCH3 is 1. The maximum Gasteiger partial charge on any atom is 0.257 e. The molecule has 3 nitrogen and oxygen atoms in total. The second-order valence-electron chi connectivity index (χ2n) is 5.49. The zero-order valence-electron chi connectivity index (χ0n) is 12.5. The van der Waals surface area contributed by atoms with Crippen LogP contribution in [-0.2, 0) is 0 Å². The third kappa shape index (κ3) is 2.95. The van der Waals surface area contributed by atoms with Gasteiger partial charge in [0.1, 0.15) is 5.75 Å². The van der Waals surface area contributed by atoms with Crippen LogP contribution in [0.2, 0.25) is 5.02 Å². The minimum Gasteiger partial charge on any atom is -0.496 e. The Kier molecular flexibility index (Phi) is 4.34. The molecule has 0 aliphatic carbocycles. The summed E-state index contributed by atoms with van der Waals surface area (Å²) in [6.45, 7) is 1.49. The summed E-state index contributed by atoms with van der Waals surface area (Å²) in [6, 6.07) is 15.5. The molecule has 0 aromatic heterocycles. The van der Waals surface area contributed by atoms with Crippen molar-refractivity contribution >= 4 is 17.5 Å². The molecule has 0 N–H and O–H groups in total. The summed E-state index contributed by atoms with van der Waals surface area (Å²) in [5.41, 5.74) is 1.82. The Morgan fingerprint density at radius 2 is 2.00 bits per heavy atom. The van der Waals surface area contributed by atoms with Gasteiger partial charge in [-0.2, -0.15) is 0 Å². The Bertz CT molecular complexity index is 672. The van der Waals surface area contributed by atoms with Gasteiger partial charge in [0.25, 0.3) is 5.91 Å². The van der Waals surface area contributed by atoms with Crippen molar-refractivity contribution in [3.8, 4) is 5.75 Å². The fourth-order valence-electron chi connectivity index (χ4n) is 2.96. The Hall–Kier alpha value is -2.00. The molecule has 2 aromatic rings. The van der Waals surface area contributed by atoms with E-state index in [1.165, 1.54) is 5.56 Å². The standard InChI is InChI=1S/C18H18ClNO2/c1-22-17-8-7-15(19)11-16(17)18(21)20-10-9-14(12-20)13-5-3-2-4-6-13/h2-8,11,14H,9-10,12H2,1H3. The van der Waals surface area contributed by atoms with Gasteiger partial charge >= 0.3 is 0 Å². The van der Waals surface area contributed by atoms with E-state index in [9.17, 15) is 4.79 Å². The number of carbonyl (C=O) groups excluding carboxylic acids is 1. The Balaban J connectivity index is 1.78. The first kappa shape index (κ1) is 14.9. The average molecular weight is 316 g/mol. The zero-order chi connectivity index (χ0) is 15.5. The van der Waals surface area contributed by atoms with Crippen molar-refractivity contribution in [2.24, 2.45) is 0 Å². The zero-order valence-corrected chi connectivity index (χ0v) is 13.2. The lowest BCUT2D eigenvalue weighted by Gasteiger charge is -2.18. The summed E-state index contributed by atoms with van der Waals surface area (Å²) in [4.78, 5) is 14.6. The number of amides is 1. The Labute approximate surface area is 135 Å². The highest BCUT2D eigenvalue weighted by Crippen LogP contribution is 2.30. The van der Waals surface area contributed by atoms with Gasteiger partial charge in [0.2, 0.25) is 0 Å². The van der Waals surface area contributed by atoms with Crippen LogP contribution in [0.4, 0.5) is 0 Å². The minimum atomic E-state index is -0.0159. The first-order chi connectivity index (χ1) is 10.7. The van der Waals surface area contributed by atoms with Gasteiger partial charge in [-0.15, -0.1) is 0 Å². The van der Waals surface area contributed by atoms with E-state index in [-0.39, 0.29) is 5.91 Å². The lowest BCUT2D eigenvalue weighted by Crippen LogP contribution is -2.28. The van der Waals surface area contributed by atoms with Gasteiger partial charge in [-0.3, -0.25) is 4.79 Å². The molecule has 0 saturated carbocycles. The summed E-state index contributed by atoms with van der Waals surface area (Å²) >= 11 is 6.02. The summed E-state index contributed by atoms with van der Waals surface area (Å²) in [6.07, 6.45) is 0.985. The maximum absolute atomic E-state index is 12.7. The quantitative estimate of drug-likeness (QED) is 0.857. The van der Waals surface area contributed by atoms with Crippen LogP contribution in [0.15, 0.2) is 48.5 Å². The molecule has 3 rings (SSSR count). The highest BCUT2D eigenvalue weighted by molar-refractivity contribution is 6.31. The van der Waals surface area contributed by atoms with Crippen molar-refractivity contribution in [3.05, 3.63) is 64.7 Å². The first-order valence-corrected chi connectivity index (χ1v) is 7.74. The molecule has 4 heteroatoms. The lowest BCUT2D eigenvalue weighted by molar-refractivity contribution is 0.0787. The van der Waals surface area contributed by atoms with E-state index >= 15 is 0 Å². The number of halogens is 1. The second kappa shape index (κ2) is 6.41. The Morgan fingerprint density at radius 3 is 2.73 bits per heavy atom. The minimum absolute atomic E-state index is 0.0159. The van der Waals surface area contributed by atoms with Crippen LogP contribution < -0.4 is 4.74 Å². The molecule has 1 atom stereocenters. The van der Waals surface area contributed by atoms with Crippen LogP contribution in [0, 0.1) is 0 Å². The van der Waals surface area contributed by atoms with Gasteiger partial charge in [0, 0.05) is 24.0 Å². The Morgan fingerprint density at radius 1 is 1.23 bits per heavy atom. The molecule has 114 valence electrons. The molecule has 0 radical (unpaired) electrons. The molecule has 1 amide bonds. The lowest BCUT2D eigenvalue weighted by atomic mass is 9.99. The van der Waals surface area contributed by atoms with Gasteiger partial charge in [0.05, 0.1) is 12.7 Å². The number of nitrogens with zero attached hydrogens (tertiary/aromatic N) is 1. The van der Waals surface area contributed by atoms with Crippen molar-refractivity contribution in [2.45, 2.75) is 12.3 Å². The van der Waals surface area contributed by atoms with E-state index in [0.29, 0.717) is 22.3 Å². The average Bonchev–Trinajstić information content (AvgIpc) is 3.05. The van der Waals surface area contributed by atoms with E-state index in [0.717, 1.165) is 19.5 Å². The van der Waals surface area contributed by atoms with Crippen molar-refractivity contribution in [3.63, 3.8) is 0 Å². The number of benzene rings is 2. The number of rotatable bonds is 3. The predicted octanol–water partition coefficient (Wildman–Crippen LogP) is 3.98. The van der Waals surface area contributed by atoms with Gasteiger partial charge in [-0.25, -0.2) is 0 Å². The highest BCUT2D eigenvalue weighted by Gasteiger charge is 2.29. The molecule has 1 unspecified atom stereocenters. The molecular weight excluding hydrogens is 298 g/mol. The third-order valence-electron chi connectivity index (χ3n) is 4.14. The van der Waals surface area contributed by atoms with Gasteiger partial charge in [0.15, 0.2) is 0 Å². The van der Waals surface area contributed by atoms with E-state index < -0.39 is 0 Å². The van der Waals surface area contributed by atoms with Gasteiger partial charge < -0.3 is 9.64 Å². The maximum atomic E-state index is 12.7. The molecule has 1 heterocycles. The second-order valence-corrected chi connectivity index (χ2v) is 5.93. The molecule has 1 aliphatic heterocycles. The van der Waals surface area contributed by atoms with Crippen LogP contribution in [0.1, 0.15) is 28.3 Å². The summed E-state index contributed by atoms with van der Waals surface area (Å²) in [5, 5.41) is 0.544. The fraction of sp³-hybridized carbons (Fsp3) is 0.278. The molecule has 0 spiro atoms. The molecule has 2 aromatic carbocycles. The van der Waals surface area contributed by atoms with Gasteiger partial charge in [-0.05, 0) is 30.2 Å². The number of carbonyl (C=O) groups is 1. The smallest absolute Gasteiger partial charge is 0.257 e. The summed E-state index contributed by atoms with van der Waals surface area (Å²) < 4.78 is 5.29. The number of ether oxygens (including phenoxy) is 1. The molecular formula is C18H18ClNO2. The van der Waals surface area contributed by atoms with Crippen LogP contribution in [0.3, 0.4) is 0 Å². The molecule has 22 heavy (non-hydrogen) atoms. The van der Waals surface area contributed by atoms with Crippen molar-refractivity contribution < 1.29 is 9.53 Å². The molecule has 1 aliphatic rings. The largest absolute Gasteiger partial charge is 0.496 e. The van der Waals surface area contributed by atoms with Crippen molar-refractivity contribution in [1.82, 2.24) is 4.90 Å². The SMILES string of the molecule is COc1ccc(Cl)cc1C(=O)N1CCC(c2ccccc2)C1. The van der Waals surface area contributed by atoms with Crippen molar-refractivity contribution in [1.29, 1.82) is 0 Å². The summed E-state index contributed by atoms with van der Waals surface area (Å²) in [7, 11) is 1.57. The topological polar surface area (TPSA) is 29.5 Å². The summed E-state index contributed by atoms with van der Waals surface area (Å²) in [5.74, 6) is 0.950. The van der Waals surface area contributed by atoms with Crippen molar-refractivity contribution in [2.75, 3.05) is 20.2 Å². The molecule has 1 saturated heterocycles. The predicted molar refractivity (Wildman–Crippen MR) is 87.7 cm³/mol. The van der Waals surface area contributed by atoms with Crippen LogP contribution in [0.5, 0.6) is 5.75 Å². The van der Waals surface area contributed by atoms with E-state index in [2.05, 4.69) is 12.1 Å². The van der Waals surface area contributed by atoms with Crippen LogP contribution in [0.25, 0.3) is 0 Å². The fourth-order valence-corrected chi connectivity index (χ4v) is 3.13. The van der Waals surface area contributed by atoms with Crippen LogP contribution in [-0.4, -0.2) is 31.0 Å². The first-order valence-electron chi connectivity index (χ1n) is 7.37. The molecule has 1 fully saturated rings. The van der Waals surface area contributed by atoms with E-state index in [1.807, 2.05) is 23.1 Å². The normalized spacial score (nSPS) is 17.5. The number of hydrogen-bond donors (Lipinski definition) is 0. The number of hydrogen-bond acceptors (Lipinski definition) is 2. The third-order valence-corrected chi connectivity index (χ3v) is 4.37. The monoisotopic (exact) mass is 315 g/mol. The van der Waals surface area contributed by atoms with E-state index in [4.69, 9.17) is 16.3 Å². The van der Waals surface area contributed by atoms with Gasteiger partial charge in [-0.1, -0.05) is 41.9 Å². The molecule has 0 bridgehead atoms. The van der Waals surface area contributed by atoms with E-state index in [1.54, 1.807) is 25.3 Å². The number of likely N-dealkylation sites (tertiary alicyclic amines) is 1. The van der Waals surface area contributed by atoms with Crippen LogP contribution >= 0.6 is 11.6 Å². The highest BCUT2D eigenvalue weighted by atomic mass is 35.5.